The molecule has 1 aliphatic rings. The normalized spacial score (nSPS) is 22.6. The van der Waals surface area contributed by atoms with Gasteiger partial charge in [-0.25, -0.2) is 18.4 Å². The lowest BCUT2D eigenvalue weighted by molar-refractivity contribution is 0.602. The summed E-state index contributed by atoms with van der Waals surface area (Å²) in [5.74, 6) is 0.608. The van der Waals surface area contributed by atoms with Crippen molar-refractivity contribution in [3.05, 3.63) is 18.0 Å². The second-order valence-electron chi connectivity index (χ2n) is 3.62. The summed E-state index contributed by atoms with van der Waals surface area (Å²) in [4.78, 5) is 7.85. The smallest absolute Gasteiger partial charge is 0.224 e. The Morgan fingerprint density at radius 1 is 1.56 bits per heavy atom. The molecule has 7 heteroatoms. The molecule has 84 valence electrons. The van der Waals surface area contributed by atoms with Crippen LogP contribution in [-0.2, 0) is 9.84 Å². The van der Waals surface area contributed by atoms with Crippen LogP contribution in [0.5, 0.6) is 0 Å². The van der Waals surface area contributed by atoms with Crippen LogP contribution >= 0.6 is 0 Å². The molecular formula is C9H10N4O2S. The third kappa shape index (κ3) is 2.46. The van der Waals surface area contributed by atoms with E-state index in [1.54, 1.807) is 0 Å². The van der Waals surface area contributed by atoms with E-state index in [1.807, 2.05) is 6.07 Å². The number of aromatic nitrogens is 2. The first kappa shape index (κ1) is 10.8. The van der Waals surface area contributed by atoms with E-state index in [1.165, 1.54) is 12.3 Å². The first-order chi connectivity index (χ1) is 7.59. The standard InChI is InChI=1S/C9H10N4O2S/c10-5-7-1-3-11-9(12-7)13-8-2-4-16(14,15)6-8/h1,3,8H,2,4,6H2,(H,11,12,13). The number of nitrogens with zero attached hydrogens (tertiary/aromatic N) is 3. The minimum Gasteiger partial charge on any atom is -0.350 e. The van der Waals surface area contributed by atoms with E-state index in [9.17, 15) is 8.42 Å². The fourth-order valence-electron chi connectivity index (χ4n) is 1.58. The average molecular weight is 238 g/mol. The molecular weight excluding hydrogens is 228 g/mol. The van der Waals surface area contributed by atoms with Crippen molar-refractivity contribution in [2.75, 3.05) is 16.8 Å². The van der Waals surface area contributed by atoms with Crippen LogP contribution in [0.3, 0.4) is 0 Å². The minimum atomic E-state index is -2.91. The molecule has 2 rings (SSSR count). The number of hydrogen-bond donors (Lipinski definition) is 1. The van der Waals surface area contributed by atoms with Crippen molar-refractivity contribution < 1.29 is 8.42 Å². The highest BCUT2D eigenvalue weighted by molar-refractivity contribution is 7.91. The van der Waals surface area contributed by atoms with Gasteiger partial charge in [-0.1, -0.05) is 0 Å². The molecule has 1 aromatic heterocycles. The Balaban J connectivity index is 2.08. The second-order valence-corrected chi connectivity index (χ2v) is 5.85. The van der Waals surface area contributed by atoms with E-state index >= 15 is 0 Å². The second kappa shape index (κ2) is 4.06. The van der Waals surface area contributed by atoms with Gasteiger partial charge < -0.3 is 5.32 Å². The number of nitrogens with one attached hydrogen (secondary N) is 1. The van der Waals surface area contributed by atoms with Crippen LogP contribution in [0.4, 0.5) is 5.95 Å². The van der Waals surface area contributed by atoms with Gasteiger partial charge in [0.25, 0.3) is 0 Å². The lowest BCUT2D eigenvalue weighted by atomic mass is 10.3. The van der Waals surface area contributed by atoms with Crippen molar-refractivity contribution in [1.29, 1.82) is 5.26 Å². The van der Waals surface area contributed by atoms with Gasteiger partial charge in [0.15, 0.2) is 9.84 Å². The Hall–Kier alpha value is -1.68. The molecule has 1 saturated heterocycles. The van der Waals surface area contributed by atoms with Gasteiger partial charge in [0, 0.05) is 12.2 Å². The Morgan fingerprint density at radius 2 is 2.38 bits per heavy atom. The van der Waals surface area contributed by atoms with Crippen LogP contribution in [0.1, 0.15) is 12.1 Å². The first-order valence-corrected chi connectivity index (χ1v) is 6.61. The van der Waals surface area contributed by atoms with Crippen molar-refractivity contribution in [2.45, 2.75) is 12.5 Å². The molecule has 0 bridgehead atoms. The number of rotatable bonds is 2. The molecule has 16 heavy (non-hydrogen) atoms. The number of nitriles is 1. The highest BCUT2D eigenvalue weighted by atomic mass is 32.2. The summed E-state index contributed by atoms with van der Waals surface area (Å²) in [5, 5.41) is 11.6. The van der Waals surface area contributed by atoms with Crippen molar-refractivity contribution in [1.82, 2.24) is 9.97 Å². The fraction of sp³-hybridized carbons (Fsp3) is 0.444. The highest BCUT2D eigenvalue weighted by Crippen LogP contribution is 2.14. The zero-order chi connectivity index (χ0) is 11.6. The van der Waals surface area contributed by atoms with Gasteiger partial charge in [0.2, 0.25) is 5.95 Å². The third-order valence-electron chi connectivity index (χ3n) is 2.34. The Bertz CT molecular complexity index is 535. The highest BCUT2D eigenvalue weighted by Gasteiger charge is 2.28. The first-order valence-electron chi connectivity index (χ1n) is 4.79. The third-order valence-corrected chi connectivity index (χ3v) is 4.10. The summed E-state index contributed by atoms with van der Waals surface area (Å²) in [7, 11) is -2.91. The number of hydrogen-bond acceptors (Lipinski definition) is 6. The van der Waals surface area contributed by atoms with Crippen LogP contribution < -0.4 is 5.32 Å². The zero-order valence-electron chi connectivity index (χ0n) is 8.42. The van der Waals surface area contributed by atoms with Crippen molar-refractivity contribution >= 4 is 15.8 Å². The molecule has 1 aromatic rings. The summed E-state index contributed by atoms with van der Waals surface area (Å²) in [6.45, 7) is 0. The van der Waals surface area contributed by atoms with E-state index in [0.717, 1.165) is 0 Å². The van der Waals surface area contributed by atoms with Gasteiger partial charge >= 0.3 is 0 Å². The van der Waals surface area contributed by atoms with E-state index < -0.39 is 9.84 Å². The van der Waals surface area contributed by atoms with Crippen LogP contribution in [0.2, 0.25) is 0 Å². The molecule has 1 N–H and O–H groups in total. The molecule has 2 heterocycles. The Kier molecular flexibility index (Phi) is 2.75. The average Bonchev–Trinajstić information content (AvgIpc) is 2.58. The summed E-state index contributed by atoms with van der Waals surface area (Å²) in [6, 6.07) is 3.24. The molecule has 1 aliphatic heterocycles. The van der Waals surface area contributed by atoms with Gasteiger partial charge in [-0.2, -0.15) is 5.26 Å². The topological polar surface area (TPSA) is 95.7 Å². The molecule has 0 saturated carbocycles. The number of sulfone groups is 1. The molecule has 0 aromatic carbocycles. The zero-order valence-corrected chi connectivity index (χ0v) is 9.24. The van der Waals surface area contributed by atoms with E-state index in [-0.39, 0.29) is 23.2 Å². The fourth-order valence-corrected chi connectivity index (χ4v) is 3.26. The molecule has 1 unspecified atom stereocenters. The number of anilines is 1. The molecule has 0 spiro atoms. The molecule has 1 atom stereocenters. The largest absolute Gasteiger partial charge is 0.350 e. The van der Waals surface area contributed by atoms with Crippen LogP contribution in [0.25, 0.3) is 0 Å². The van der Waals surface area contributed by atoms with Gasteiger partial charge in [0.05, 0.1) is 11.5 Å². The van der Waals surface area contributed by atoms with E-state index in [2.05, 4.69) is 15.3 Å². The maximum absolute atomic E-state index is 11.2. The Morgan fingerprint density at radius 3 is 3.00 bits per heavy atom. The van der Waals surface area contributed by atoms with Crippen LogP contribution in [0, 0.1) is 11.3 Å². The maximum atomic E-state index is 11.2. The van der Waals surface area contributed by atoms with Crippen LogP contribution in [-0.4, -0.2) is 35.9 Å². The molecule has 6 nitrogen and oxygen atoms in total. The van der Waals surface area contributed by atoms with Gasteiger partial charge in [-0.3, -0.25) is 0 Å². The minimum absolute atomic E-state index is 0.104. The summed E-state index contributed by atoms with van der Waals surface area (Å²) >= 11 is 0. The van der Waals surface area contributed by atoms with Crippen molar-refractivity contribution in [3.63, 3.8) is 0 Å². The van der Waals surface area contributed by atoms with E-state index in [4.69, 9.17) is 5.26 Å². The SMILES string of the molecule is N#Cc1ccnc(NC2CCS(=O)(=O)C2)n1. The van der Waals surface area contributed by atoms with Crippen LogP contribution in [0.15, 0.2) is 12.3 Å². The monoisotopic (exact) mass is 238 g/mol. The quantitative estimate of drug-likeness (QED) is 0.775. The summed E-state index contributed by atoms with van der Waals surface area (Å²) in [5.41, 5.74) is 0.262. The molecule has 1 fully saturated rings. The predicted molar refractivity (Wildman–Crippen MR) is 57.4 cm³/mol. The molecule has 0 radical (unpaired) electrons. The van der Waals surface area contributed by atoms with E-state index in [0.29, 0.717) is 12.4 Å². The molecule has 0 aliphatic carbocycles. The molecule has 0 amide bonds. The summed E-state index contributed by atoms with van der Waals surface area (Å²) < 4.78 is 22.4. The summed E-state index contributed by atoms with van der Waals surface area (Å²) in [6.07, 6.45) is 2.03. The van der Waals surface area contributed by atoms with Gasteiger partial charge in [-0.05, 0) is 12.5 Å². The maximum Gasteiger partial charge on any atom is 0.224 e. The van der Waals surface area contributed by atoms with Gasteiger partial charge in [0.1, 0.15) is 11.8 Å². The lowest BCUT2D eigenvalue weighted by Gasteiger charge is -2.09. The predicted octanol–water partition coefficient (Wildman–Crippen LogP) is -0.0527. The van der Waals surface area contributed by atoms with Crippen molar-refractivity contribution in [2.24, 2.45) is 0 Å². The lowest BCUT2D eigenvalue weighted by Crippen LogP contribution is -2.22. The van der Waals surface area contributed by atoms with Crippen molar-refractivity contribution in [3.8, 4) is 6.07 Å². The Labute approximate surface area is 93.3 Å². The van der Waals surface area contributed by atoms with Gasteiger partial charge in [-0.15, -0.1) is 0 Å².